The molecule has 0 aromatic heterocycles. The zero-order valence-electron chi connectivity index (χ0n) is 56.8. The number of benzene rings is 2. The number of esters is 3. The Balaban J connectivity index is -0.00000112. The number of amides is 10. The van der Waals surface area contributed by atoms with E-state index >= 15 is 0 Å². The first-order chi connectivity index (χ1) is 44.6. The molecule has 538 valence electrons. The Bertz CT molecular complexity index is 2520. The summed E-state index contributed by atoms with van der Waals surface area (Å²) in [5.41, 5.74) is -3.22. The Morgan fingerprint density at radius 1 is 0.547 bits per heavy atom. The van der Waals surface area contributed by atoms with E-state index in [9.17, 15) is 66.3 Å². The topological polar surface area (TPSA) is 465 Å². The summed E-state index contributed by atoms with van der Waals surface area (Å²) >= 11 is 0. The summed E-state index contributed by atoms with van der Waals surface area (Å²) in [4.78, 5) is 102. The molecule has 2 fully saturated rings. The third-order valence-corrected chi connectivity index (χ3v) is 13.6. The Kier molecular flexibility index (Phi) is 55.4. The number of hydrogen-bond donors (Lipinski definition) is 14. The molecule has 95 heavy (non-hydrogen) atoms. The number of hydrogen-bond acceptors (Lipinski definition) is 22. The van der Waals surface area contributed by atoms with Crippen LogP contribution in [0.2, 0.25) is 0 Å². The fourth-order valence-electron chi connectivity index (χ4n) is 8.09. The van der Waals surface area contributed by atoms with Crippen molar-refractivity contribution in [1.82, 2.24) is 42.5 Å². The monoisotopic (exact) mass is 1380 g/mol. The molecule has 2 saturated heterocycles. The van der Waals surface area contributed by atoms with Crippen molar-refractivity contribution in [1.29, 1.82) is 0 Å². The fourth-order valence-corrected chi connectivity index (χ4v) is 8.41. The van der Waals surface area contributed by atoms with Crippen molar-refractivity contribution in [2.75, 3.05) is 46.8 Å². The smallest absolute Gasteiger partial charge is 0.726 e. The van der Waals surface area contributed by atoms with Gasteiger partial charge in [-0.25, -0.2) is 37.2 Å². The molecule has 32 heteroatoms. The first-order valence-corrected chi connectivity index (χ1v) is 33.5. The van der Waals surface area contributed by atoms with Gasteiger partial charge in [0.2, 0.25) is 21.7 Å². The van der Waals surface area contributed by atoms with E-state index < -0.39 is 89.6 Å². The predicted molar refractivity (Wildman–Crippen MR) is 347 cm³/mol. The van der Waals surface area contributed by atoms with Gasteiger partial charge in [-0.1, -0.05) is 156 Å². The van der Waals surface area contributed by atoms with Crippen LogP contribution in [0.1, 0.15) is 223 Å². The molecule has 0 radical (unpaired) electrons. The van der Waals surface area contributed by atoms with Crippen LogP contribution in [0, 0.1) is 0 Å². The number of carbonyl (C=O) groups excluding carboxylic acids is 9. The van der Waals surface area contributed by atoms with E-state index in [1.165, 1.54) is 185 Å². The quantitative estimate of drug-likeness (QED) is 0.00662. The third kappa shape index (κ3) is 48.9. The molecule has 10 amide bonds. The van der Waals surface area contributed by atoms with Crippen LogP contribution in [0.3, 0.4) is 0 Å². The average Bonchev–Trinajstić information content (AvgIpc) is 1.68. The number of urea groups is 4. The number of unbranched alkanes of at least 4 members (excludes halogenated alkanes) is 21. The van der Waals surface area contributed by atoms with Crippen LogP contribution in [-0.2, 0) is 43.2 Å². The van der Waals surface area contributed by atoms with Gasteiger partial charge in [-0.2, -0.15) is 0 Å². The van der Waals surface area contributed by atoms with Crippen molar-refractivity contribution in [3.05, 3.63) is 59.7 Å². The maximum Gasteiger partial charge on any atom is 1.00 e. The Morgan fingerprint density at radius 3 is 1.19 bits per heavy atom. The summed E-state index contributed by atoms with van der Waals surface area (Å²) in [6.45, 7) is 9.69. The summed E-state index contributed by atoms with van der Waals surface area (Å²) in [5, 5.41) is 68.3. The molecule has 3 unspecified atom stereocenters. The number of aliphatic hydroxyl groups excluding tert-OH is 4. The third-order valence-electron chi connectivity index (χ3n) is 13.2. The minimum Gasteiger partial charge on any atom is -0.726 e. The molecule has 0 spiro atoms. The summed E-state index contributed by atoms with van der Waals surface area (Å²) in [7, 11) is -3.17. The fraction of sp³-hybridized carbons (Fsp3) is 0.667. The van der Waals surface area contributed by atoms with Crippen molar-refractivity contribution in [3.8, 4) is 11.5 Å². The van der Waals surface area contributed by atoms with Gasteiger partial charge in [0.25, 0.3) is 11.8 Å². The van der Waals surface area contributed by atoms with Crippen LogP contribution in [0.4, 0.5) is 19.2 Å². The molecule has 0 bridgehead atoms. The maximum atomic E-state index is 11.8. The second-order valence-corrected chi connectivity index (χ2v) is 23.1. The number of rotatable bonds is 38. The maximum absolute atomic E-state index is 11.8. The normalized spacial score (nSPS) is 15.3. The van der Waals surface area contributed by atoms with Crippen LogP contribution < -0.4 is 72.1 Å². The van der Waals surface area contributed by atoms with Crippen LogP contribution in [-0.4, -0.2) is 168 Å². The number of carbonyl (C=O) groups is 9. The second kappa shape index (κ2) is 56.7. The molecular formula is C63H107N8NaO22S. The van der Waals surface area contributed by atoms with Gasteiger partial charge in [-0.05, 0) is 88.6 Å². The molecule has 2 aliphatic heterocycles. The van der Waals surface area contributed by atoms with E-state index in [1.54, 1.807) is 0 Å². The van der Waals surface area contributed by atoms with Gasteiger partial charge in [0.05, 0.1) is 70.1 Å². The largest absolute Gasteiger partial charge is 1.00 e. The van der Waals surface area contributed by atoms with Gasteiger partial charge >= 0.3 is 71.6 Å². The number of phenols is 2. The standard InChI is InChI=1S/C19H38O2.C12H26O4S.C11H16N8O8.C10H12O3.C8H8O3.C3H8O2.Na/c1-4-5-6-7-8-9-10-11-12-13-14-15-16-17-19(20)21-18(2)3;1-2-3-4-5-6-7-8-9-10-11-12-16-17(13,14)15;20-1-10(4(22)14-8(26)18-10)16-6(24)12-3-13-7(25)17-11(2-21)5(23)15-9(27)19-11;1-2-7-13-10(12)8-3-5-9(11)6-4-8;1-11-8(10)6-2-4-7(9)5-3-6;1-3(5)2-4;/h18H,4-17H2,1-3H3;2-12H2,1H3,(H,13,14,15);20-21H,1-3H2,(H2,12,16,24)(H2,13,17,25)(H2,14,18,22,26)(H2,15,19,23,27);3-6,11H,2,7H2,1H3;2-5,9H,1H3;3-5H,2H2,1H3;/q;;;;;;+1/p-1. The van der Waals surface area contributed by atoms with Gasteiger partial charge in [-0.15, -0.1) is 0 Å². The molecule has 0 saturated carbocycles. The van der Waals surface area contributed by atoms with E-state index in [2.05, 4.69) is 33.4 Å². The summed E-state index contributed by atoms with van der Waals surface area (Å²) in [6, 6.07) is 7.96. The van der Waals surface area contributed by atoms with Crippen LogP contribution in [0.25, 0.3) is 0 Å². The Hall–Kier alpha value is -6.42. The second-order valence-electron chi connectivity index (χ2n) is 22.1. The predicted octanol–water partition coefficient (Wildman–Crippen LogP) is 3.90. The molecule has 2 heterocycles. The van der Waals surface area contributed by atoms with Crippen molar-refractivity contribution in [2.45, 2.75) is 226 Å². The van der Waals surface area contributed by atoms with Gasteiger partial charge in [0.15, 0.2) is 0 Å². The minimum absolute atomic E-state index is 0. The van der Waals surface area contributed by atoms with Gasteiger partial charge in [0.1, 0.15) is 11.5 Å². The van der Waals surface area contributed by atoms with Crippen LogP contribution >= 0.6 is 0 Å². The Labute approximate surface area is 581 Å². The molecule has 0 aliphatic carbocycles. The first-order valence-electron chi connectivity index (χ1n) is 32.2. The van der Waals surface area contributed by atoms with Crippen molar-refractivity contribution >= 4 is 64.2 Å². The summed E-state index contributed by atoms with van der Waals surface area (Å²) < 4.78 is 48.9. The minimum atomic E-state index is -4.48. The number of methoxy groups -OCH3 is 1. The molecule has 30 nitrogen and oxygen atoms in total. The Morgan fingerprint density at radius 2 is 0.895 bits per heavy atom. The van der Waals surface area contributed by atoms with Gasteiger partial charge in [0, 0.05) is 6.42 Å². The molecule has 2 aromatic carbocycles. The molecule has 3 atom stereocenters. The zero-order chi connectivity index (χ0) is 71.2. The number of phenolic OH excluding ortho intramolecular Hbond substituents is 2. The van der Waals surface area contributed by atoms with E-state index in [1.807, 2.05) is 52.7 Å². The van der Waals surface area contributed by atoms with Crippen LogP contribution in [0.15, 0.2) is 48.5 Å². The van der Waals surface area contributed by atoms with E-state index in [0.29, 0.717) is 30.6 Å². The van der Waals surface area contributed by atoms with Gasteiger partial charge in [-0.3, -0.25) is 29.2 Å². The van der Waals surface area contributed by atoms with E-state index in [0.717, 1.165) is 25.7 Å². The van der Waals surface area contributed by atoms with Gasteiger partial charge < -0.3 is 81.3 Å². The summed E-state index contributed by atoms with van der Waals surface area (Å²) in [6.07, 6.45) is 30.0. The molecular weight excluding hydrogens is 1280 g/mol. The average molecular weight is 1380 g/mol. The number of nitrogens with one attached hydrogen (secondary N) is 8. The van der Waals surface area contributed by atoms with Crippen molar-refractivity contribution in [3.63, 3.8) is 0 Å². The van der Waals surface area contributed by atoms with Crippen LogP contribution in [0.5, 0.6) is 11.5 Å². The van der Waals surface area contributed by atoms with Crippen molar-refractivity contribution in [2.24, 2.45) is 0 Å². The molecule has 2 aromatic rings. The number of imide groups is 2. The SMILES string of the molecule is CC(O)CO.CCCCCCCCCCCCCCCC(=O)OC(C)C.CCCCCCCCCCCCOS(=O)(=O)[O-].CCCOC(=O)c1ccc(O)cc1.COC(=O)c1ccc(O)cc1.O=C(NCNC(=O)NC1(CO)NC(=O)NC1=O)NC1(CO)NC(=O)NC1=O.[Na+]. The van der Waals surface area contributed by atoms with E-state index in [-0.39, 0.29) is 72.3 Å². The first kappa shape index (κ1) is 92.8. The van der Waals surface area contributed by atoms with E-state index in [4.69, 9.17) is 29.9 Å². The number of ether oxygens (including phenoxy) is 3. The number of aromatic hydroxyl groups is 2. The molecule has 4 rings (SSSR count). The molecule has 2 aliphatic rings. The zero-order valence-corrected chi connectivity index (χ0v) is 59.6. The number of aliphatic hydroxyl groups is 4. The summed E-state index contributed by atoms with van der Waals surface area (Å²) in [5.74, 6) is -2.46. The molecule has 14 N–H and O–H groups in total. The van der Waals surface area contributed by atoms with Crippen molar-refractivity contribution < 1.29 is 135 Å².